The maximum absolute atomic E-state index is 15.3. The third-order valence-corrected chi connectivity index (χ3v) is 7.03. The molecule has 5 rings (SSSR count). The first kappa shape index (κ1) is 22.7. The van der Waals surface area contributed by atoms with E-state index in [-0.39, 0.29) is 11.1 Å². The van der Waals surface area contributed by atoms with Crippen LogP contribution >= 0.6 is 11.6 Å². The Labute approximate surface area is 202 Å². The fourth-order valence-corrected chi connectivity index (χ4v) is 4.97. The van der Waals surface area contributed by atoms with E-state index in [0.29, 0.717) is 52.7 Å². The number of benzene rings is 1. The molecular weight excluding hydrogens is 459 g/mol. The van der Waals surface area contributed by atoms with Crippen molar-refractivity contribution >= 4 is 40.0 Å². The number of halogens is 2. The zero-order chi connectivity index (χ0) is 23.8. The van der Waals surface area contributed by atoms with E-state index in [1.54, 1.807) is 18.3 Å². The van der Waals surface area contributed by atoms with E-state index >= 15 is 4.39 Å². The molecule has 9 heteroatoms. The standard InChI is InChI=1S/C25H26ClFN4O3/c1-13-5-3-4-6-19(13)34-25(32)31-20-10-15-9-16(22(27)21(26)18(15)12-29-20)17-11-30-24-23(14(17)2)28-7-8-33-24/h9-13,19,28H,3-8H2,1-2H3,(H,29,31,32)/t13-,19-/m0/s1. The molecule has 1 fully saturated rings. The molecule has 178 valence electrons. The van der Waals surface area contributed by atoms with Crippen molar-refractivity contribution in [3.8, 4) is 17.0 Å². The monoisotopic (exact) mass is 484 g/mol. The van der Waals surface area contributed by atoms with Crippen LogP contribution in [0.1, 0.15) is 38.2 Å². The second-order valence-electron chi connectivity index (χ2n) is 8.93. The van der Waals surface area contributed by atoms with Crippen LogP contribution in [-0.4, -0.2) is 35.3 Å². The number of hydrogen-bond donors (Lipinski definition) is 2. The SMILES string of the molecule is Cc1c(-c2cc3cc(NC(=O)O[C@H]4CCCC[C@@H]4C)ncc3c(Cl)c2F)cnc2c1NCCO2. The van der Waals surface area contributed by atoms with Crippen LogP contribution in [-0.2, 0) is 4.74 Å². The number of carbonyl (C=O) groups excluding carboxylic acids is 1. The zero-order valence-corrected chi connectivity index (χ0v) is 19.8. The van der Waals surface area contributed by atoms with Crippen LogP contribution < -0.4 is 15.4 Å². The van der Waals surface area contributed by atoms with Gasteiger partial charge in [-0.25, -0.2) is 19.2 Å². The van der Waals surface area contributed by atoms with Gasteiger partial charge in [0.25, 0.3) is 0 Å². The second-order valence-corrected chi connectivity index (χ2v) is 9.30. The summed E-state index contributed by atoms with van der Waals surface area (Å²) in [5, 5.41) is 7.02. The third-order valence-electron chi connectivity index (χ3n) is 6.66. The fraction of sp³-hybridized carbons (Fsp3) is 0.400. The van der Waals surface area contributed by atoms with Crippen molar-refractivity contribution in [3.05, 3.63) is 40.9 Å². The van der Waals surface area contributed by atoms with Crippen LogP contribution in [0.25, 0.3) is 21.9 Å². The summed E-state index contributed by atoms with van der Waals surface area (Å²) in [6.07, 6.45) is 6.55. The lowest BCUT2D eigenvalue weighted by molar-refractivity contribution is 0.0524. The first-order valence-corrected chi connectivity index (χ1v) is 11.9. The van der Waals surface area contributed by atoms with Crippen LogP contribution in [0.3, 0.4) is 0 Å². The number of ether oxygens (including phenoxy) is 2. The van der Waals surface area contributed by atoms with Gasteiger partial charge < -0.3 is 14.8 Å². The zero-order valence-electron chi connectivity index (χ0n) is 19.1. The van der Waals surface area contributed by atoms with Gasteiger partial charge in [-0.05, 0) is 55.2 Å². The van der Waals surface area contributed by atoms with Gasteiger partial charge in [0.05, 0.1) is 5.02 Å². The van der Waals surface area contributed by atoms with Crippen LogP contribution in [0.2, 0.25) is 5.02 Å². The number of nitrogens with zero attached hydrogens (tertiary/aromatic N) is 2. The van der Waals surface area contributed by atoms with E-state index in [2.05, 4.69) is 27.5 Å². The number of amides is 1. The molecule has 0 radical (unpaired) electrons. The summed E-state index contributed by atoms with van der Waals surface area (Å²) in [5.41, 5.74) is 2.48. The molecule has 3 aromatic rings. The molecule has 0 saturated heterocycles. The number of anilines is 2. The Morgan fingerprint density at radius 2 is 2.06 bits per heavy atom. The molecule has 1 aliphatic carbocycles. The average molecular weight is 485 g/mol. The maximum atomic E-state index is 15.3. The van der Waals surface area contributed by atoms with E-state index in [4.69, 9.17) is 21.1 Å². The van der Waals surface area contributed by atoms with Crippen molar-refractivity contribution in [2.45, 2.75) is 45.6 Å². The smallest absolute Gasteiger partial charge is 0.413 e. The number of pyridine rings is 2. The fourth-order valence-electron chi connectivity index (χ4n) is 4.71. The number of carbonyl (C=O) groups is 1. The Kier molecular flexibility index (Phi) is 6.16. The van der Waals surface area contributed by atoms with E-state index < -0.39 is 11.9 Å². The molecule has 34 heavy (non-hydrogen) atoms. The highest BCUT2D eigenvalue weighted by atomic mass is 35.5. The van der Waals surface area contributed by atoms with E-state index in [9.17, 15) is 4.79 Å². The Balaban J connectivity index is 1.46. The van der Waals surface area contributed by atoms with Gasteiger partial charge in [0.2, 0.25) is 5.88 Å². The first-order chi connectivity index (χ1) is 16.4. The number of rotatable bonds is 3. The quantitative estimate of drug-likeness (QED) is 0.452. The van der Waals surface area contributed by atoms with E-state index in [1.807, 2.05) is 6.92 Å². The molecule has 2 atom stereocenters. The van der Waals surface area contributed by atoms with Gasteiger partial charge in [-0.15, -0.1) is 0 Å². The highest BCUT2D eigenvalue weighted by molar-refractivity contribution is 6.36. The predicted octanol–water partition coefficient (Wildman–Crippen LogP) is 6.33. The maximum Gasteiger partial charge on any atom is 0.413 e. The van der Waals surface area contributed by atoms with Gasteiger partial charge in [0.1, 0.15) is 30.0 Å². The summed E-state index contributed by atoms with van der Waals surface area (Å²) in [5.74, 6) is 0.594. The van der Waals surface area contributed by atoms with Crippen molar-refractivity contribution in [2.75, 3.05) is 23.8 Å². The van der Waals surface area contributed by atoms with Crippen molar-refractivity contribution < 1.29 is 18.7 Å². The van der Waals surface area contributed by atoms with E-state index in [0.717, 1.165) is 36.9 Å². The number of hydrogen-bond acceptors (Lipinski definition) is 6. The molecule has 1 aliphatic heterocycles. The molecule has 1 aromatic carbocycles. The number of nitrogens with one attached hydrogen (secondary N) is 2. The molecule has 1 amide bonds. The topological polar surface area (TPSA) is 85.4 Å². The van der Waals surface area contributed by atoms with Crippen molar-refractivity contribution in [2.24, 2.45) is 5.92 Å². The second kappa shape index (κ2) is 9.25. The largest absolute Gasteiger partial charge is 0.474 e. The number of aromatic nitrogens is 2. The highest BCUT2D eigenvalue weighted by Crippen LogP contribution is 2.40. The number of fused-ring (bicyclic) bond motifs is 2. The van der Waals surface area contributed by atoms with E-state index in [1.165, 1.54) is 6.20 Å². The summed E-state index contributed by atoms with van der Waals surface area (Å²) in [6, 6.07) is 3.36. The van der Waals surface area contributed by atoms with Crippen molar-refractivity contribution in [1.82, 2.24) is 9.97 Å². The van der Waals surface area contributed by atoms with Gasteiger partial charge in [-0.1, -0.05) is 24.9 Å². The van der Waals surface area contributed by atoms with Gasteiger partial charge >= 0.3 is 6.09 Å². The highest BCUT2D eigenvalue weighted by Gasteiger charge is 2.25. The summed E-state index contributed by atoms with van der Waals surface area (Å²) in [6.45, 7) is 5.16. The Morgan fingerprint density at radius 3 is 2.88 bits per heavy atom. The minimum Gasteiger partial charge on any atom is -0.474 e. The summed E-state index contributed by atoms with van der Waals surface area (Å²) in [4.78, 5) is 21.0. The van der Waals surface area contributed by atoms with Crippen molar-refractivity contribution in [3.63, 3.8) is 0 Å². The molecule has 2 aromatic heterocycles. The van der Waals surface area contributed by atoms with Gasteiger partial charge in [-0.2, -0.15) is 0 Å². The molecular formula is C25H26ClFN4O3. The van der Waals surface area contributed by atoms with Gasteiger partial charge in [0, 0.05) is 35.5 Å². The molecule has 2 N–H and O–H groups in total. The molecule has 0 spiro atoms. The van der Waals surface area contributed by atoms with Gasteiger partial charge in [0.15, 0.2) is 0 Å². The minimum atomic E-state index is -0.552. The molecule has 7 nitrogen and oxygen atoms in total. The average Bonchev–Trinajstić information content (AvgIpc) is 2.83. The minimum absolute atomic E-state index is 0.0357. The normalized spacial score (nSPS) is 19.6. The van der Waals surface area contributed by atoms with Crippen molar-refractivity contribution in [1.29, 1.82) is 0 Å². The first-order valence-electron chi connectivity index (χ1n) is 11.5. The molecule has 1 saturated carbocycles. The third kappa shape index (κ3) is 4.22. The summed E-state index contributed by atoms with van der Waals surface area (Å²) >= 11 is 6.39. The van der Waals surface area contributed by atoms with Crippen LogP contribution in [0.5, 0.6) is 5.88 Å². The summed E-state index contributed by atoms with van der Waals surface area (Å²) in [7, 11) is 0. The lowest BCUT2D eigenvalue weighted by Gasteiger charge is -2.28. The molecule has 0 unspecified atom stereocenters. The molecule has 0 bridgehead atoms. The Bertz CT molecular complexity index is 1270. The predicted molar refractivity (Wildman–Crippen MR) is 130 cm³/mol. The lowest BCUT2D eigenvalue weighted by atomic mass is 9.88. The van der Waals surface area contributed by atoms with Gasteiger partial charge in [-0.3, -0.25) is 5.32 Å². The Morgan fingerprint density at radius 1 is 1.24 bits per heavy atom. The summed E-state index contributed by atoms with van der Waals surface area (Å²) < 4.78 is 26.5. The lowest BCUT2D eigenvalue weighted by Crippen LogP contribution is -2.30. The molecule has 3 heterocycles. The van der Waals surface area contributed by atoms with Crippen LogP contribution in [0.15, 0.2) is 24.5 Å². The Hall–Kier alpha value is -3.13. The van der Waals surface area contributed by atoms with Crippen LogP contribution in [0, 0.1) is 18.7 Å². The van der Waals surface area contributed by atoms with Crippen LogP contribution in [0.4, 0.5) is 20.7 Å². The molecule has 2 aliphatic rings.